The molecule has 1 saturated heterocycles. The quantitative estimate of drug-likeness (QED) is 0.238. The molecule has 42 heavy (non-hydrogen) atoms. The van der Waals surface area contributed by atoms with Crippen LogP contribution in [0.25, 0.3) is 11.4 Å². The normalized spacial score (nSPS) is 24.5. The molecule has 2 aromatic heterocycles. The molecule has 4 aliphatic rings. The highest BCUT2D eigenvalue weighted by atomic mass is 15.8. The van der Waals surface area contributed by atoms with Crippen molar-refractivity contribution in [1.29, 1.82) is 0 Å². The summed E-state index contributed by atoms with van der Waals surface area (Å²) in [7, 11) is 2.47. The number of fused-ring (bicyclic) bond motifs is 10. The lowest BCUT2D eigenvalue weighted by Crippen LogP contribution is -2.85. The molecule has 0 radical (unpaired) electrons. The van der Waals surface area contributed by atoms with E-state index < -0.39 is 5.91 Å². The second-order valence-corrected chi connectivity index (χ2v) is 17.3. The van der Waals surface area contributed by atoms with Gasteiger partial charge in [0.1, 0.15) is 12.6 Å². The van der Waals surface area contributed by atoms with E-state index in [4.69, 9.17) is 0 Å². The third-order valence-electron chi connectivity index (χ3n) is 10.2. The average molecular weight is 566 g/mol. The predicted octanol–water partition coefficient (Wildman–Crippen LogP) is 7.45. The van der Waals surface area contributed by atoms with Gasteiger partial charge in [0, 0.05) is 36.5 Å². The smallest absolute Gasteiger partial charge is 0.188 e. The molecule has 222 valence electrons. The lowest BCUT2D eigenvalue weighted by Gasteiger charge is -2.37. The molecule has 0 bridgehead atoms. The van der Waals surface area contributed by atoms with Crippen LogP contribution in [0.1, 0.15) is 94.2 Å². The number of quaternary nitrogens is 1. The molecule has 6 heterocycles. The highest BCUT2D eigenvalue weighted by molar-refractivity contribution is 5.53. The molecule has 6 rings (SSSR count). The van der Waals surface area contributed by atoms with Gasteiger partial charge in [0.25, 0.3) is 11.4 Å². The summed E-state index contributed by atoms with van der Waals surface area (Å²) in [5.41, 5.74) is 9.90. The molecule has 2 unspecified atom stereocenters. The first kappa shape index (κ1) is 29.1. The molecule has 1 fully saturated rings. The van der Waals surface area contributed by atoms with Gasteiger partial charge in [0.05, 0.1) is 7.05 Å². The van der Waals surface area contributed by atoms with Crippen LogP contribution in [-0.4, -0.2) is 29.0 Å². The summed E-state index contributed by atoms with van der Waals surface area (Å²) >= 11 is 0. The number of aromatic nitrogens is 2. The molecule has 2 aromatic rings. The third kappa shape index (κ3) is 3.90. The largest absolute Gasteiger partial charge is 0.594 e. The van der Waals surface area contributed by atoms with Gasteiger partial charge < -0.3 is 0 Å². The van der Waals surface area contributed by atoms with E-state index in [0.29, 0.717) is 0 Å². The van der Waals surface area contributed by atoms with Gasteiger partial charge in [0.2, 0.25) is 0 Å². The molecule has 0 amide bonds. The molecule has 4 aliphatic heterocycles. The summed E-state index contributed by atoms with van der Waals surface area (Å²) in [6.45, 7) is 28.9. The van der Waals surface area contributed by atoms with Crippen LogP contribution in [0.4, 0.5) is 0 Å². The van der Waals surface area contributed by atoms with E-state index in [9.17, 15) is 0 Å². The van der Waals surface area contributed by atoms with Crippen molar-refractivity contribution in [1.82, 2.24) is 4.90 Å². The zero-order valence-electron chi connectivity index (χ0n) is 28.4. The lowest BCUT2D eigenvalue weighted by atomic mass is 9.81. The van der Waals surface area contributed by atoms with E-state index in [0.717, 1.165) is 11.0 Å². The topological polar surface area (TPSA) is 11.0 Å². The van der Waals surface area contributed by atoms with Crippen LogP contribution in [0.2, 0.25) is 0 Å². The summed E-state index contributed by atoms with van der Waals surface area (Å²) in [5.74, 6) is -0.510. The summed E-state index contributed by atoms with van der Waals surface area (Å²) in [5, 5.41) is 0. The number of nitrogens with zero attached hydrogens (tertiary/aromatic N) is 4. The first-order valence-electron chi connectivity index (χ1n) is 15.8. The monoisotopic (exact) mass is 565 g/mol. The number of hydrogen-bond acceptors (Lipinski definition) is 1. The number of allylic oxidation sites excluding steroid dienone is 4. The fourth-order valence-corrected chi connectivity index (χ4v) is 7.46. The van der Waals surface area contributed by atoms with Gasteiger partial charge in [-0.25, -0.2) is 0 Å². The third-order valence-corrected chi connectivity index (χ3v) is 10.2. The first-order chi connectivity index (χ1) is 19.2. The van der Waals surface area contributed by atoms with Gasteiger partial charge in [-0.2, -0.15) is 4.90 Å². The van der Waals surface area contributed by atoms with E-state index in [2.05, 4.69) is 171 Å². The molecule has 0 N–H and O–H groups in total. The van der Waals surface area contributed by atoms with E-state index >= 15 is 0 Å². The minimum atomic E-state index is -0.510. The maximum Gasteiger partial charge on any atom is 0.594 e. The van der Waals surface area contributed by atoms with Crippen molar-refractivity contribution in [3.05, 3.63) is 95.1 Å². The van der Waals surface area contributed by atoms with E-state index in [1.165, 1.54) is 39.4 Å². The summed E-state index contributed by atoms with van der Waals surface area (Å²) < 4.78 is 5.96. The Balaban J connectivity index is 1.71. The lowest BCUT2D eigenvalue weighted by molar-refractivity contribution is -1.22. The minimum absolute atomic E-state index is 0.0599. The second kappa shape index (κ2) is 8.56. The molecular weight excluding hydrogens is 512 g/mol. The van der Waals surface area contributed by atoms with Crippen LogP contribution in [0.3, 0.4) is 0 Å². The number of pyridine rings is 2. The second-order valence-electron chi connectivity index (χ2n) is 17.3. The molecule has 0 aromatic carbocycles. The van der Waals surface area contributed by atoms with Crippen LogP contribution in [0.15, 0.2) is 84.0 Å². The number of likely N-dealkylation sites (N-methyl/N-ethyl adjacent to an activating group) is 1. The number of rotatable bonds is 0. The SMILES string of the molecule is CC(C)(C)C1=CC[N+]2(C)C(=C1)C1C=C(C(C)(C)C)C=CN1C21[n+]2ccc(C(C)(C)C)cc2-c2cc(C(C)(C)C)cc[n+]21. The predicted molar refractivity (Wildman–Crippen MR) is 172 cm³/mol. The van der Waals surface area contributed by atoms with E-state index in [1.807, 2.05) is 0 Å². The molecule has 1 spiro atoms. The van der Waals surface area contributed by atoms with Gasteiger partial charge in [0.15, 0.2) is 18.1 Å². The summed E-state index contributed by atoms with van der Waals surface area (Å²) in [6, 6.07) is 9.79. The van der Waals surface area contributed by atoms with Crippen LogP contribution in [-0.2, 0) is 16.7 Å². The van der Waals surface area contributed by atoms with E-state index in [1.54, 1.807) is 0 Å². The molecule has 4 nitrogen and oxygen atoms in total. The minimum Gasteiger partial charge on any atom is -0.188 e. The highest BCUT2D eigenvalue weighted by Gasteiger charge is 2.83. The molecule has 2 atom stereocenters. The number of hydrogen-bond donors (Lipinski definition) is 0. The van der Waals surface area contributed by atoms with Gasteiger partial charge in [-0.3, -0.25) is 0 Å². The maximum absolute atomic E-state index is 2.65. The van der Waals surface area contributed by atoms with Crippen molar-refractivity contribution in [2.24, 2.45) is 10.8 Å². The molecule has 0 aliphatic carbocycles. The first-order valence-corrected chi connectivity index (χ1v) is 15.8. The Bertz CT molecular complexity index is 1540. The Morgan fingerprint density at radius 1 is 0.738 bits per heavy atom. The molecular formula is C38H53N4+3. The van der Waals surface area contributed by atoms with Crippen LogP contribution in [0, 0.1) is 10.8 Å². The maximum atomic E-state index is 2.65. The van der Waals surface area contributed by atoms with Crippen molar-refractivity contribution in [2.75, 3.05) is 13.6 Å². The fourth-order valence-electron chi connectivity index (χ4n) is 7.46. The van der Waals surface area contributed by atoms with Crippen molar-refractivity contribution < 1.29 is 13.6 Å². The van der Waals surface area contributed by atoms with Crippen molar-refractivity contribution in [3.8, 4) is 11.4 Å². The van der Waals surface area contributed by atoms with Gasteiger partial charge in [-0.1, -0.05) is 92.2 Å². The Kier molecular flexibility index (Phi) is 5.93. The van der Waals surface area contributed by atoms with E-state index in [-0.39, 0.29) is 27.7 Å². The zero-order valence-corrected chi connectivity index (χ0v) is 28.4. The Morgan fingerprint density at radius 2 is 1.24 bits per heavy atom. The molecule has 0 saturated carbocycles. The van der Waals surface area contributed by atoms with Gasteiger partial charge >= 0.3 is 5.91 Å². The van der Waals surface area contributed by atoms with Gasteiger partial charge in [-0.15, -0.1) is 4.48 Å². The van der Waals surface area contributed by atoms with Crippen molar-refractivity contribution >= 4 is 0 Å². The van der Waals surface area contributed by atoms with Crippen LogP contribution < -0.4 is 9.13 Å². The Labute approximate surface area is 255 Å². The van der Waals surface area contributed by atoms with Crippen LogP contribution in [0.5, 0.6) is 0 Å². The summed E-state index contributed by atoms with van der Waals surface area (Å²) in [6.07, 6.45) is 17.1. The summed E-state index contributed by atoms with van der Waals surface area (Å²) in [4.78, 5) is 2.65. The Hall–Kier alpha value is -2.98. The van der Waals surface area contributed by atoms with Crippen LogP contribution >= 0.6 is 0 Å². The van der Waals surface area contributed by atoms with Crippen molar-refractivity contribution in [3.63, 3.8) is 0 Å². The van der Waals surface area contributed by atoms with Crippen molar-refractivity contribution in [2.45, 2.75) is 106 Å². The zero-order chi connectivity index (χ0) is 30.8. The molecule has 4 heteroatoms. The fraction of sp³-hybridized carbons (Fsp3) is 0.526. The highest BCUT2D eigenvalue weighted by Crippen LogP contribution is 2.52. The Morgan fingerprint density at radius 3 is 1.69 bits per heavy atom. The average Bonchev–Trinajstić information content (AvgIpc) is 3.29. The van der Waals surface area contributed by atoms with Gasteiger partial charge in [-0.05, 0) is 62.2 Å². The standard InChI is InChI=1S/C38H53N4/c1-34(2,3)26-14-18-39-30(22-26)31-23-27(35(4,5)6)15-19-40(31)38(39)41-20-16-28(36(7,8)9)24-32(41)33-25-29(37(10,11)12)17-21-42(33,38)13/h14-20,22-25,32H,21H2,1-13H3/q+3.